The molecule has 0 aromatic heterocycles. The maximum absolute atomic E-state index is 11.3. The molecule has 0 aromatic carbocycles. The Morgan fingerprint density at radius 1 is 1.71 bits per heavy atom. The molecule has 4 heteroatoms. The second-order valence-corrected chi connectivity index (χ2v) is 0.737. The molecule has 3 nitrogen and oxygen atoms in total. The van der Waals surface area contributed by atoms with E-state index in [0.717, 1.165) is 0 Å². The second kappa shape index (κ2) is 3.14. The molecule has 38 valence electrons. The summed E-state index contributed by atoms with van der Waals surface area (Å²) in [5.41, 5.74) is 0. The van der Waals surface area contributed by atoms with E-state index in [1.54, 1.807) is 0 Å². The summed E-state index contributed by atoms with van der Waals surface area (Å²) < 4.78 is 11.3. The number of rotatable bonds is 2. The number of carbonyl (C=O) groups excluding carboxylic acids is 1. The third kappa shape index (κ3) is 2.75. The molecule has 0 atom stereocenters. The van der Waals surface area contributed by atoms with E-state index >= 15 is 0 Å². The molecule has 0 spiro atoms. The van der Waals surface area contributed by atoms with Crippen LogP contribution in [0.1, 0.15) is 0 Å². The molecule has 0 aliphatic carbocycles. The summed E-state index contributed by atoms with van der Waals surface area (Å²) in [6.07, 6.45) is 0.203. The molecule has 0 saturated carbocycles. The summed E-state index contributed by atoms with van der Waals surface area (Å²) in [7, 11) is 0. The van der Waals surface area contributed by atoms with E-state index in [2.05, 4.69) is 0 Å². The molecule has 0 aromatic rings. The van der Waals surface area contributed by atoms with Crippen LogP contribution in [-0.2, 0) is 4.79 Å². The molecule has 0 rings (SSSR count). The zero-order valence-electron chi connectivity index (χ0n) is 3.30. The highest BCUT2D eigenvalue weighted by molar-refractivity contribution is 5.69. The summed E-state index contributed by atoms with van der Waals surface area (Å²) in [6.45, 7) is 0. The normalized spacial score (nSPS) is 10.7. The fourth-order valence-corrected chi connectivity index (χ4v) is 0.0808. The Balaban J connectivity index is 3.72. The van der Waals surface area contributed by atoms with Gasteiger partial charge in [0.15, 0.2) is 12.1 Å². The van der Waals surface area contributed by atoms with Gasteiger partial charge in [0.1, 0.15) is 6.20 Å². The van der Waals surface area contributed by atoms with Gasteiger partial charge in [-0.05, 0) is 5.18 Å². The quantitative estimate of drug-likeness (QED) is 0.294. The average Bonchev–Trinajstić information content (AvgIpc) is 1.68. The van der Waals surface area contributed by atoms with Gasteiger partial charge in [-0.3, -0.25) is 4.79 Å². The molecule has 7 heavy (non-hydrogen) atoms. The van der Waals surface area contributed by atoms with E-state index in [1.165, 1.54) is 0 Å². The highest BCUT2D eigenvalue weighted by Crippen LogP contribution is 1.87. The van der Waals surface area contributed by atoms with Crippen molar-refractivity contribution < 1.29 is 9.18 Å². The van der Waals surface area contributed by atoms with Crippen LogP contribution in [0.2, 0.25) is 0 Å². The first-order chi connectivity index (χ1) is 3.31. The number of halogens is 1. The van der Waals surface area contributed by atoms with Gasteiger partial charge in [-0.2, -0.15) is 0 Å². The number of nitrogens with zero attached hydrogens (tertiary/aromatic N) is 1. The smallest absolute Gasteiger partial charge is 0.184 e. The zero-order valence-corrected chi connectivity index (χ0v) is 3.30. The van der Waals surface area contributed by atoms with Crippen LogP contribution < -0.4 is 0 Å². The molecule has 0 fully saturated rings. The van der Waals surface area contributed by atoms with Crippen LogP contribution in [0.4, 0.5) is 4.39 Å². The number of aldehydes is 1. The van der Waals surface area contributed by atoms with E-state index in [0.29, 0.717) is 6.20 Å². The molecule has 0 heterocycles. The van der Waals surface area contributed by atoms with E-state index in [1.807, 2.05) is 5.18 Å². The van der Waals surface area contributed by atoms with Crippen molar-refractivity contribution in [3.63, 3.8) is 0 Å². The van der Waals surface area contributed by atoms with E-state index < -0.39 is 5.83 Å². The number of nitroso groups, excluding NO2 is 1. The van der Waals surface area contributed by atoms with Crippen molar-refractivity contribution in [3.05, 3.63) is 16.9 Å². The van der Waals surface area contributed by atoms with Crippen molar-refractivity contribution in [2.75, 3.05) is 0 Å². The lowest BCUT2D eigenvalue weighted by Gasteiger charge is -1.67. The van der Waals surface area contributed by atoms with Gasteiger partial charge in [0, 0.05) is 0 Å². The lowest BCUT2D eigenvalue weighted by molar-refractivity contribution is -0.106. The Kier molecular flexibility index (Phi) is 2.67. The predicted molar refractivity (Wildman–Crippen MR) is 21.0 cm³/mol. The Hall–Kier alpha value is -1.06. The summed E-state index contributed by atoms with van der Waals surface area (Å²) >= 11 is 0. The molecular weight excluding hydrogens is 101 g/mol. The minimum atomic E-state index is -1.16. The Labute approximate surface area is 38.8 Å². The van der Waals surface area contributed by atoms with Gasteiger partial charge in [0.25, 0.3) is 0 Å². The third-order valence-corrected chi connectivity index (χ3v) is 0.289. The lowest BCUT2D eigenvalue weighted by atomic mass is 10.6. The van der Waals surface area contributed by atoms with Crippen LogP contribution in [0.5, 0.6) is 0 Å². The van der Waals surface area contributed by atoms with Crippen molar-refractivity contribution in [1.29, 1.82) is 0 Å². The van der Waals surface area contributed by atoms with Crippen molar-refractivity contribution in [2.45, 2.75) is 0 Å². The molecule has 0 aliphatic rings. The van der Waals surface area contributed by atoms with Crippen molar-refractivity contribution in [3.8, 4) is 0 Å². The molecule has 0 unspecified atom stereocenters. The predicted octanol–water partition coefficient (Wildman–Crippen LogP) is 0.763. The third-order valence-electron chi connectivity index (χ3n) is 0.289. The molecule has 0 aliphatic heterocycles. The number of allylic oxidation sites excluding steroid dienone is 1. The second-order valence-electron chi connectivity index (χ2n) is 0.737. The Morgan fingerprint density at radius 3 is 2.43 bits per heavy atom. The largest absolute Gasteiger partial charge is 0.295 e. The zero-order chi connectivity index (χ0) is 5.70. The maximum Gasteiger partial charge on any atom is 0.184 e. The van der Waals surface area contributed by atoms with E-state index in [9.17, 15) is 9.18 Å². The highest BCUT2D eigenvalue weighted by atomic mass is 19.1. The van der Waals surface area contributed by atoms with Crippen LogP contribution >= 0.6 is 0 Å². The Bertz CT molecular complexity index is 110. The summed E-state index contributed by atoms with van der Waals surface area (Å²) in [6, 6.07) is 0. The van der Waals surface area contributed by atoms with Crippen LogP contribution in [0.25, 0.3) is 0 Å². The Morgan fingerprint density at radius 2 is 2.29 bits per heavy atom. The van der Waals surface area contributed by atoms with Gasteiger partial charge in [0.2, 0.25) is 0 Å². The molecule has 0 bridgehead atoms. The first-order valence-electron chi connectivity index (χ1n) is 1.44. The molecule has 0 saturated heterocycles. The summed E-state index contributed by atoms with van der Waals surface area (Å²) in [5, 5.41) is 1.99. The minimum Gasteiger partial charge on any atom is -0.295 e. The molecule has 0 radical (unpaired) electrons. The summed E-state index contributed by atoms with van der Waals surface area (Å²) in [4.78, 5) is 18.3. The first-order valence-corrected chi connectivity index (χ1v) is 1.44. The van der Waals surface area contributed by atoms with Crippen LogP contribution in [-0.4, -0.2) is 6.29 Å². The van der Waals surface area contributed by atoms with E-state index in [4.69, 9.17) is 4.91 Å². The minimum absolute atomic E-state index is 0.0958. The van der Waals surface area contributed by atoms with Gasteiger partial charge in [-0.25, -0.2) is 4.39 Å². The topological polar surface area (TPSA) is 46.5 Å². The maximum atomic E-state index is 11.3. The lowest BCUT2D eigenvalue weighted by Crippen LogP contribution is -1.68. The fourth-order valence-electron chi connectivity index (χ4n) is 0.0808. The van der Waals surface area contributed by atoms with Gasteiger partial charge in [-0.15, -0.1) is 4.91 Å². The summed E-state index contributed by atoms with van der Waals surface area (Å²) in [5.74, 6) is -1.16. The van der Waals surface area contributed by atoms with Crippen LogP contribution in [0, 0.1) is 4.91 Å². The number of hydrogen-bond acceptors (Lipinski definition) is 3. The average molecular weight is 103 g/mol. The van der Waals surface area contributed by atoms with Crippen molar-refractivity contribution in [2.24, 2.45) is 5.18 Å². The highest BCUT2D eigenvalue weighted by Gasteiger charge is 1.84. The first kappa shape index (κ1) is 5.94. The molecular formula is C3H2FNO2. The van der Waals surface area contributed by atoms with Gasteiger partial charge < -0.3 is 0 Å². The van der Waals surface area contributed by atoms with Gasteiger partial charge >= 0.3 is 0 Å². The molecule has 0 amide bonds. The standard InChI is InChI=1S/C3H2FNO2/c4-3(2-6)1-5-7/h1-2H/b3-1+. The monoisotopic (exact) mass is 103 g/mol. The van der Waals surface area contributed by atoms with Crippen LogP contribution in [0.15, 0.2) is 17.2 Å². The molecule has 0 N–H and O–H groups in total. The van der Waals surface area contributed by atoms with E-state index in [-0.39, 0.29) is 6.29 Å². The van der Waals surface area contributed by atoms with Gasteiger partial charge in [0.05, 0.1) is 0 Å². The fraction of sp³-hybridized carbons (Fsp3) is 0. The number of hydrogen-bond donors (Lipinski definition) is 0. The van der Waals surface area contributed by atoms with Crippen molar-refractivity contribution in [1.82, 2.24) is 0 Å². The van der Waals surface area contributed by atoms with Crippen LogP contribution in [0.3, 0.4) is 0 Å². The SMILES string of the molecule is O=C/C(F)=C\N=O. The van der Waals surface area contributed by atoms with Crippen molar-refractivity contribution >= 4 is 6.29 Å². The van der Waals surface area contributed by atoms with Gasteiger partial charge in [-0.1, -0.05) is 0 Å². The number of carbonyl (C=O) groups is 1.